The zero-order valence-corrected chi connectivity index (χ0v) is 12.8. The molecule has 2 nitrogen and oxygen atoms in total. The van der Waals surface area contributed by atoms with Crippen LogP contribution in [-0.2, 0) is 5.41 Å². The first-order chi connectivity index (χ1) is 10.6. The van der Waals surface area contributed by atoms with Crippen LogP contribution in [0.5, 0.6) is 11.5 Å². The Morgan fingerprint density at radius 2 is 1.41 bits per heavy atom. The van der Waals surface area contributed by atoms with Crippen LogP contribution in [0, 0.1) is 17.8 Å². The van der Waals surface area contributed by atoms with Crippen LogP contribution in [0.15, 0.2) is 30.3 Å². The maximum absolute atomic E-state index is 10.7. The maximum atomic E-state index is 10.7. The fourth-order valence-corrected chi connectivity index (χ4v) is 6.16. The second-order valence-corrected chi connectivity index (χ2v) is 8.04. The minimum atomic E-state index is 0.0730. The second-order valence-electron chi connectivity index (χ2n) is 8.04. The molecule has 0 heterocycles. The molecule has 0 amide bonds. The van der Waals surface area contributed by atoms with Gasteiger partial charge in [0.25, 0.3) is 0 Å². The molecule has 0 atom stereocenters. The van der Waals surface area contributed by atoms with E-state index in [0.29, 0.717) is 0 Å². The Morgan fingerprint density at radius 3 is 2.05 bits per heavy atom. The van der Waals surface area contributed by atoms with E-state index in [1.165, 1.54) is 38.5 Å². The lowest BCUT2D eigenvalue weighted by molar-refractivity contribution is -0.00619. The van der Waals surface area contributed by atoms with Crippen LogP contribution in [0.2, 0.25) is 0 Å². The summed E-state index contributed by atoms with van der Waals surface area (Å²) in [6, 6.07) is 9.98. The first-order valence-electron chi connectivity index (χ1n) is 8.59. The molecule has 4 bridgehead atoms. The van der Waals surface area contributed by atoms with E-state index in [-0.39, 0.29) is 16.9 Å². The first kappa shape index (κ1) is 12.8. The minimum Gasteiger partial charge on any atom is -0.504 e. The van der Waals surface area contributed by atoms with Crippen molar-refractivity contribution in [2.45, 2.75) is 43.9 Å². The molecule has 2 aromatic rings. The van der Waals surface area contributed by atoms with Gasteiger partial charge in [-0.2, -0.15) is 0 Å². The molecule has 2 aromatic carbocycles. The molecule has 4 aliphatic carbocycles. The normalized spacial score (nSPS) is 36.1. The highest BCUT2D eigenvalue weighted by Gasteiger charge is 2.52. The van der Waals surface area contributed by atoms with Crippen LogP contribution in [0.25, 0.3) is 10.8 Å². The van der Waals surface area contributed by atoms with Gasteiger partial charge in [-0.1, -0.05) is 24.3 Å². The number of aromatic hydroxyl groups is 2. The van der Waals surface area contributed by atoms with Crippen LogP contribution in [0.3, 0.4) is 0 Å². The highest BCUT2D eigenvalue weighted by molar-refractivity contribution is 5.91. The molecule has 4 saturated carbocycles. The Labute approximate surface area is 130 Å². The summed E-state index contributed by atoms with van der Waals surface area (Å²) in [5, 5.41) is 23.0. The molecule has 22 heavy (non-hydrogen) atoms. The van der Waals surface area contributed by atoms with Gasteiger partial charge in [0.15, 0.2) is 11.5 Å². The predicted octanol–water partition coefficient (Wildman–Crippen LogP) is 4.72. The molecule has 0 aromatic heterocycles. The lowest BCUT2D eigenvalue weighted by Crippen LogP contribution is -2.48. The van der Waals surface area contributed by atoms with Gasteiger partial charge in [0, 0.05) is 10.9 Å². The number of phenols is 2. The van der Waals surface area contributed by atoms with Gasteiger partial charge >= 0.3 is 0 Å². The molecule has 0 unspecified atom stereocenters. The Kier molecular flexibility index (Phi) is 2.44. The number of benzene rings is 2. The van der Waals surface area contributed by atoms with E-state index >= 15 is 0 Å². The van der Waals surface area contributed by atoms with Gasteiger partial charge in [0.2, 0.25) is 0 Å². The predicted molar refractivity (Wildman–Crippen MR) is 87.1 cm³/mol. The number of fused-ring (bicyclic) bond motifs is 1. The molecular weight excluding hydrogens is 272 g/mol. The molecular formula is C20H22O2. The number of rotatable bonds is 1. The van der Waals surface area contributed by atoms with Gasteiger partial charge in [0.1, 0.15) is 0 Å². The van der Waals surface area contributed by atoms with E-state index in [2.05, 4.69) is 6.07 Å². The maximum Gasteiger partial charge on any atom is 0.165 e. The van der Waals surface area contributed by atoms with Crippen molar-refractivity contribution >= 4 is 10.8 Å². The van der Waals surface area contributed by atoms with Crippen molar-refractivity contribution in [3.8, 4) is 11.5 Å². The Balaban J connectivity index is 1.72. The summed E-state index contributed by atoms with van der Waals surface area (Å²) in [5.41, 5.74) is 1.13. The average molecular weight is 294 g/mol. The summed E-state index contributed by atoms with van der Waals surface area (Å²) in [7, 11) is 0. The number of hydrogen-bond donors (Lipinski definition) is 2. The lowest BCUT2D eigenvalue weighted by atomic mass is 9.48. The van der Waals surface area contributed by atoms with Gasteiger partial charge < -0.3 is 10.2 Å². The molecule has 4 fully saturated rings. The Bertz CT molecular complexity index is 726. The lowest BCUT2D eigenvalue weighted by Gasteiger charge is -2.57. The first-order valence-corrected chi connectivity index (χ1v) is 8.59. The molecule has 2 heteroatoms. The van der Waals surface area contributed by atoms with Crippen molar-refractivity contribution in [2.75, 3.05) is 0 Å². The summed E-state index contributed by atoms with van der Waals surface area (Å²) in [5.74, 6) is 2.71. The third-order valence-corrected chi connectivity index (χ3v) is 6.60. The van der Waals surface area contributed by atoms with E-state index in [1.54, 1.807) is 0 Å². The van der Waals surface area contributed by atoms with Gasteiger partial charge in [-0.25, -0.2) is 0 Å². The van der Waals surface area contributed by atoms with E-state index < -0.39 is 0 Å². The summed E-state index contributed by atoms with van der Waals surface area (Å²) in [6.45, 7) is 0. The zero-order chi connectivity index (χ0) is 14.9. The molecule has 114 valence electrons. The van der Waals surface area contributed by atoms with Crippen LogP contribution < -0.4 is 0 Å². The number of phenolic OH excluding ortho intramolecular Hbond substituents is 2. The van der Waals surface area contributed by atoms with Crippen LogP contribution in [0.4, 0.5) is 0 Å². The van der Waals surface area contributed by atoms with E-state index in [4.69, 9.17) is 0 Å². The molecule has 0 saturated heterocycles. The summed E-state index contributed by atoms with van der Waals surface area (Å²) < 4.78 is 0. The smallest absolute Gasteiger partial charge is 0.165 e. The van der Waals surface area contributed by atoms with Crippen molar-refractivity contribution in [1.29, 1.82) is 0 Å². The molecule has 0 radical (unpaired) electrons. The van der Waals surface area contributed by atoms with Crippen LogP contribution in [0.1, 0.15) is 44.1 Å². The van der Waals surface area contributed by atoms with Gasteiger partial charge in [-0.05, 0) is 73.1 Å². The highest BCUT2D eigenvalue weighted by atomic mass is 16.3. The quantitative estimate of drug-likeness (QED) is 0.747. The topological polar surface area (TPSA) is 40.5 Å². The summed E-state index contributed by atoms with van der Waals surface area (Å²) >= 11 is 0. The molecule has 2 N–H and O–H groups in total. The monoisotopic (exact) mass is 294 g/mol. The van der Waals surface area contributed by atoms with E-state index in [9.17, 15) is 10.2 Å². The summed E-state index contributed by atoms with van der Waals surface area (Å²) in [6.07, 6.45) is 7.76. The van der Waals surface area contributed by atoms with Gasteiger partial charge in [0.05, 0.1) is 0 Å². The van der Waals surface area contributed by atoms with Crippen molar-refractivity contribution in [1.82, 2.24) is 0 Å². The largest absolute Gasteiger partial charge is 0.504 e. The molecule has 4 aliphatic rings. The van der Waals surface area contributed by atoms with Crippen molar-refractivity contribution < 1.29 is 10.2 Å². The van der Waals surface area contributed by atoms with E-state index in [0.717, 1.165) is 34.1 Å². The zero-order valence-electron chi connectivity index (χ0n) is 12.8. The Hall–Kier alpha value is -1.70. The minimum absolute atomic E-state index is 0.0730. The van der Waals surface area contributed by atoms with Crippen molar-refractivity contribution in [3.63, 3.8) is 0 Å². The summed E-state index contributed by atoms with van der Waals surface area (Å²) in [4.78, 5) is 0. The molecule has 0 aliphatic heterocycles. The number of hydrogen-bond acceptors (Lipinski definition) is 2. The molecule has 0 spiro atoms. The van der Waals surface area contributed by atoms with Crippen LogP contribution in [-0.4, -0.2) is 10.2 Å². The fraction of sp³-hybridized carbons (Fsp3) is 0.500. The van der Waals surface area contributed by atoms with E-state index in [1.807, 2.05) is 24.3 Å². The average Bonchev–Trinajstić information content (AvgIpc) is 2.49. The highest BCUT2D eigenvalue weighted by Crippen LogP contribution is 2.62. The van der Waals surface area contributed by atoms with Gasteiger partial charge in [-0.15, -0.1) is 0 Å². The Morgan fingerprint density at radius 1 is 0.818 bits per heavy atom. The van der Waals surface area contributed by atoms with Crippen LogP contribution >= 0.6 is 0 Å². The van der Waals surface area contributed by atoms with Crippen molar-refractivity contribution in [3.05, 3.63) is 35.9 Å². The SMILES string of the molecule is Oc1c(C23CC4CC(CC(C4)C2)C3)cc2ccccc2c1O. The van der Waals surface area contributed by atoms with Crippen molar-refractivity contribution in [2.24, 2.45) is 17.8 Å². The standard InChI is InChI=1S/C20H22O2/c21-18-16-4-2-1-3-15(16)8-17(19(18)22)20-9-12-5-13(10-20)7-14(6-12)11-20/h1-4,8,12-14,21-22H,5-7,9-11H2. The second kappa shape index (κ2) is 4.18. The molecule has 6 rings (SSSR count). The third kappa shape index (κ3) is 1.61. The third-order valence-electron chi connectivity index (χ3n) is 6.60. The fourth-order valence-electron chi connectivity index (χ4n) is 6.16. The van der Waals surface area contributed by atoms with Gasteiger partial charge in [-0.3, -0.25) is 0 Å².